The van der Waals surface area contributed by atoms with E-state index in [1.807, 2.05) is 51.1 Å². The molecule has 5 heteroatoms. The van der Waals surface area contributed by atoms with Crippen LogP contribution in [0.15, 0.2) is 54.6 Å². The van der Waals surface area contributed by atoms with E-state index in [4.69, 9.17) is 4.74 Å². The Bertz CT molecular complexity index is 714. The fraction of sp³-hybridized carbons (Fsp3) is 0.333. The van der Waals surface area contributed by atoms with Crippen LogP contribution in [0.25, 0.3) is 0 Å². The van der Waals surface area contributed by atoms with Gasteiger partial charge in [-0.25, -0.2) is 0 Å². The predicted octanol–water partition coefficient (Wildman–Crippen LogP) is 4.01. The molecule has 2 atom stereocenters. The first-order valence-electron chi connectivity index (χ1n) is 8.97. The van der Waals surface area contributed by atoms with Crippen LogP contribution in [0.2, 0.25) is 0 Å². The Balaban J connectivity index is 1.96. The van der Waals surface area contributed by atoms with E-state index in [2.05, 4.69) is 10.6 Å². The zero-order valence-corrected chi connectivity index (χ0v) is 15.5. The maximum Gasteiger partial charge on any atom is 0.265 e. The van der Waals surface area contributed by atoms with Gasteiger partial charge in [0.25, 0.3) is 11.8 Å². The highest BCUT2D eigenvalue weighted by Gasteiger charge is 2.18. The summed E-state index contributed by atoms with van der Waals surface area (Å²) in [6.45, 7) is 5.88. The number of carbonyl (C=O) groups is 2. The summed E-state index contributed by atoms with van der Waals surface area (Å²) >= 11 is 0. The molecule has 0 spiro atoms. The molecular weight excluding hydrogens is 328 g/mol. The van der Waals surface area contributed by atoms with Crippen LogP contribution < -0.4 is 15.4 Å². The number of carbonyl (C=O) groups excluding carboxylic acids is 2. The largest absolute Gasteiger partial charge is 0.481 e. The van der Waals surface area contributed by atoms with Crippen molar-refractivity contribution < 1.29 is 14.3 Å². The van der Waals surface area contributed by atoms with Gasteiger partial charge in [-0.05, 0) is 56.2 Å². The highest BCUT2D eigenvalue weighted by molar-refractivity contribution is 5.97. The predicted molar refractivity (Wildman–Crippen MR) is 103 cm³/mol. The zero-order chi connectivity index (χ0) is 18.9. The molecule has 2 N–H and O–H groups in total. The maximum atomic E-state index is 12.4. The van der Waals surface area contributed by atoms with Gasteiger partial charge in [0, 0.05) is 17.3 Å². The van der Waals surface area contributed by atoms with Gasteiger partial charge in [-0.3, -0.25) is 9.59 Å². The summed E-state index contributed by atoms with van der Waals surface area (Å²) in [5, 5.41) is 5.75. The molecule has 26 heavy (non-hydrogen) atoms. The minimum Gasteiger partial charge on any atom is -0.481 e. The lowest BCUT2D eigenvalue weighted by Gasteiger charge is -2.17. The van der Waals surface area contributed by atoms with E-state index in [-0.39, 0.29) is 17.9 Å². The van der Waals surface area contributed by atoms with E-state index in [0.717, 1.165) is 6.42 Å². The fourth-order valence-corrected chi connectivity index (χ4v) is 2.32. The van der Waals surface area contributed by atoms with E-state index < -0.39 is 6.10 Å². The molecule has 0 aromatic heterocycles. The molecule has 0 aliphatic rings. The molecule has 2 rings (SSSR count). The Hall–Kier alpha value is -2.82. The number of anilines is 1. The van der Waals surface area contributed by atoms with Crippen molar-refractivity contribution in [1.29, 1.82) is 0 Å². The number of amides is 2. The summed E-state index contributed by atoms with van der Waals surface area (Å²) in [6, 6.07) is 16.2. The fourth-order valence-electron chi connectivity index (χ4n) is 2.32. The van der Waals surface area contributed by atoms with Gasteiger partial charge in [0.15, 0.2) is 6.10 Å². The molecule has 0 heterocycles. The van der Waals surface area contributed by atoms with E-state index in [1.54, 1.807) is 24.3 Å². The third-order valence-corrected chi connectivity index (χ3v) is 4.09. The van der Waals surface area contributed by atoms with Crippen molar-refractivity contribution >= 4 is 17.5 Å². The van der Waals surface area contributed by atoms with Crippen molar-refractivity contribution in [3.63, 3.8) is 0 Å². The van der Waals surface area contributed by atoms with E-state index in [9.17, 15) is 9.59 Å². The summed E-state index contributed by atoms with van der Waals surface area (Å²) in [4.78, 5) is 24.5. The van der Waals surface area contributed by atoms with Gasteiger partial charge in [0.2, 0.25) is 0 Å². The number of para-hydroxylation sites is 1. The molecule has 0 saturated heterocycles. The molecule has 2 aromatic carbocycles. The summed E-state index contributed by atoms with van der Waals surface area (Å²) in [5.41, 5.74) is 1.20. The summed E-state index contributed by atoms with van der Waals surface area (Å²) < 4.78 is 5.74. The van der Waals surface area contributed by atoms with Crippen molar-refractivity contribution in [3.05, 3.63) is 60.2 Å². The molecule has 2 unspecified atom stereocenters. The van der Waals surface area contributed by atoms with Crippen LogP contribution in [-0.2, 0) is 4.79 Å². The lowest BCUT2D eigenvalue weighted by Crippen LogP contribution is -2.32. The third-order valence-electron chi connectivity index (χ3n) is 4.09. The monoisotopic (exact) mass is 354 g/mol. The van der Waals surface area contributed by atoms with E-state index in [1.165, 1.54) is 0 Å². The van der Waals surface area contributed by atoms with E-state index >= 15 is 0 Å². The maximum absolute atomic E-state index is 12.4. The van der Waals surface area contributed by atoms with Crippen LogP contribution in [0.4, 0.5) is 5.69 Å². The molecule has 0 aliphatic carbocycles. The highest BCUT2D eigenvalue weighted by atomic mass is 16.5. The molecule has 2 aromatic rings. The molecule has 0 saturated carbocycles. The first-order chi connectivity index (χ1) is 12.5. The van der Waals surface area contributed by atoms with Gasteiger partial charge >= 0.3 is 0 Å². The van der Waals surface area contributed by atoms with Gasteiger partial charge in [-0.15, -0.1) is 0 Å². The van der Waals surface area contributed by atoms with Gasteiger partial charge in [-0.1, -0.05) is 32.0 Å². The lowest BCUT2D eigenvalue weighted by molar-refractivity contribution is -0.122. The molecule has 0 fully saturated rings. The topological polar surface area (TPSA) is 67.4 Å². The van der Waals surface area contributed by atoms with Crippen molar-refractivity contribution in [2.24, 2.45) is 0 Å². The summed E-state index contributed by atoms with van der Waals surface area (Å²) in [6.07, 6.45) is 0.848. The average molecular weight is 354 g/mol. The summed E-state index contributed by atoms with van der Waals surface area (Å²) in [7, 11) is 0. The normalized spacial score (nSPS) is 12.7. The van der Waals surface area contributed by atoms with Crippen LogP contribution in [0, 0.1) is 0 Å². The van der Waals surface area contributed by atoms with Crippen molar-refractivity contribution in [1.82, 2.24) is 5.32 Å². The molecule has 138 valence electrons. The first kappa shape index (κ1) is 19.5. The standard InChI is InChI=1S/C21H26N2O3/c1-4-15(3)22-20(24)16-11-13-17(14-12-16)23-21(25)19(5-2)26-18-9-7-6-8-10-18/h6-15,19H,4-5H2,1-3H3,(H,22,24)(H,23,25). The minimum absolute atomic E-state index is 0.115. The van der Waals surface area contributed by atoms with Gasteiger partial charge in [-0.2, -0.15) is 0 Å². The Kier molecular flexibility index (Phi) is 7.21. The number of hydrogen-bond donors (Lipinski definition) is 2. The first-order valence-corrected chi connectivity index (χ1v) is 8.97. The number of rotatable bonds is 8. The number of hydrogen-bond acceptors (Lipinski definition) is 3. The highest BCUT2D eigenvalue weighted by Crippen LogP contribution is 2.15. The number of ether oxygens (including phenoxy) is 1. The van der Waals surface area contributed by atoms with Crippen molar-refractivity contribution in [3.8, 4) is 5.75 Å². The van der Waals surface area contributed by atoms with Crippen molar-refractivity contribution in [2.45, 2.75) is 45.8 Å². The molecular formula is C21H26N2O3. The molecule has 0 radical (unpaired) electrons. The zero-order valence-electron chi connectivity index (χ0n) is 15.5. The average Bonchev–Trinajstić information content (AvgIpc) is 2.67. The third kappa shape index (κ3) is 5.62. The molecule has 5 nitrogen and oxygen atoms in total. The second kappa shape index (κ2) is 9.61. The van der Waals surface area contributed by atoms with Gasteiger partial charge in [0.1, 0.15) is 5.75 Å². The smallest absolute Gasteiger partial charge is 0.265 e. The molecule has 0 aliphatic heterocycles. The van der Waals surface area contributed by atoms with Crippen LogP contribution in [0.5, 0.6) is 5.75 Å². The summed E-state index contributed by atoms with van der Waals surface area (Å²) in [5.74, 6) is 0.329. The molecule has 0 bridgehead atoms. The number of nitrogens with one attached hydrogen (secondary N) is 2. The van der Waals surface area contributed by atoms with Crippen molar-refractivity contribution in [2.75, 3.05) is 5.32 Å². The van der Waals surface area contributed by atoms with Crippen LogP contribution >= 0.6 is 0 Å². The Labute approximate surface area is 154 Å². The Morgan fingerprint density at radius 1 is 0.962 bits per heavy atom. The quantitative estimate of drug-likeness (QED) is 0.753. The second-order valence-corrected chi connectivity index (χ2v) is 6.18. The second-order valence-electron chi connectivity index (χ2n) is 6.18. The van der Waals surface area contributed by atoms with Gasteiger partial charge in [0.05, 0.1) is 0 Å². The number of benzene rings is 2. The van der Waals surface area contributed by atoms with Crippen LogP contribution in [-0.4, -0.2) is 24.0 Å². The van der Waals surface area contributed by atoms with Crippen LogP contribution in [0.1, 0.15) is 44.0 Å². The Morgan fingerprint density at radius 3 is 2.19 bits per heavy atom. The van der Waals surface area contributed by atoms with E-state index in [0.29, 0.717) is 23.4 Å². The van der Waals surface area contributed by atoms with Crippen LogP contribution in [0.3, 0.4) is 0 Å². The minimum atomic E-state index is -0.578. The lowest BCUT2D eigenvalue weighted by atomic mass is 10.1. The van der Waals surface area contributed by atoms with Gasteiger partial charge < -0.3 is 15.4 Å². The Morgan fingerprint density at radius 2 is 1.62 bits per heavy atom. The SMILES string of the molecule is CCC(C)NC(=O)c1ccc(NC(=O)C(CC)Oc2ccccc2)cc1. The molecule has 2 amide bonds.